The Hall–Kier alpha value is -2.63. The van der Waals surface area contributed by atoms with E-state index >= 15 is 0 Å². The SMILES string of the molecule is CCOc1ccc2[nH]c(-c3cc(F)ccc3O)nc2n1. The minimum atomic E-state index is -0.443. The number of hydrogen-bond acceptors (Lipinski definition) is 4. The Morgan fingerprint density at radius 3 is 2.90 bits per heavy atom. The van der Waals surface area contributed by atoms with Gasteiger partial charge in [-0.1, -0.05) is 0 Å². The predicted molar refractivity (Wildman–Crippen MR) is 72.1 cm³/mol. The monoisotopic (exact) mass is 273 g/mol. The Balaban J connectivity index is 2.10. The average molecular weight is 273 g/mol. The minimum Gasteiger partial charge on any atom is -0.507 e. The lowest BCUT2D eigenvalue weighted by molar-refractivity contribution is 0.328. The quantitative estimate of drug-likeness (QED) is 0.769. The number of nitrogens with one attached hydrogen (secondary N) is 1. The predicted octanol–water partition coefficient (Wildman–Crippen LogP) is 2.87. The van der Waals surface area contributed by atoms with Gasteiger partial charge in [-0.25, -0.2) is 9.37 Å². The summed E-state index contributed by atoms with van der Waals surface area (Å²) in [5.41, 5.74) is 1.43. The van der Waals surface area contributed by atoms with Gasteiger partial charge in [0.15, 0.2) is 5.65 Å². The summed E-state index contributed by atoms with van der Waals surface area (Å²) < 4.78 is 18.6. The molecule has 0 atom stereocenters. The molecule has 2 aromatic heterocycles. The molecule has 3 rings (SSSR count). The zero-order chi connectivity index (χ0) is 14.1. The number of ether oxygens (including phenoxy) is 1. The third-order valence-electron chi connectivity index (χ3n) is 2.83. The van der Waals surface area contributed by atoms with Gasteiger partial charge in [-0.05, 0) is 31.2 Å². The highest BCUT2D eigenvalue weighted by molar-refractivity contribution is 5.78. The highest BCUT2D eigenvalue weighted by atomic mass is 19.1. The number of benzene rings is 1. The van der Waals surface area contributed by atoms with Crippen molar-refractivity contribution in [2.75, 3.05) is 6.61 Å². The van der Waals surface area contributed by atoms with E-state index in [0.717, 1.165) is 0 Å². The van der Waals surface area contributed by atoms with E-state index in [0.29, 0.717) is 35.0 Å². The molecular weight excluding hydrogens is 261 g/mol. The van der Waals surface area contributed by atoms with Crippen molar-refractivity contribution in [2.24, 2.45) is 0 Å². The Bertz CT molecular complexity index is 770. The molecule has 0 fully saturated rings. The molecule has 0 saturated heterocycles. The lowest BCUT2D eigenvalue weighted by atomic mass is 10.2. The van der Waals surface area contributed by atoms with Crippen LogP contribution in [0.5, 0.6) is 11.6 Å². The first-order chi connectivity index (χ1) is 9.67. The van der Waals surface area contributed by atoms with Crippen LogP contribution in [0.4, 0.5) is 4.39 Å². The number of aromatic hydroxyl groups is 1. The van der Waals surface area contributed by atoms with E-state index in [2.05, 4.69) is 15.0 Å². The van der Waals surface area contributed by atoms with Crippen LogP contribution < -0.4 is 4.74 Å². The maximum atomic E-state index is 13.3. The maximum Gasteiger partial charge on any atom is 0.215 e. The first-order valence-electron chi connectivity index (χ1n) is 6.16. The summed E-state index contributed by atoms with van der Waals surface area (Å²) in [6.45, 7) is 2.38. The Morgan fingerprint density at radius 1 is 1.25 bits per heavy atom. The van der Waals surface area contributed by atoms with Gasteiger partial charge in [-0.3, -0.25) is 0 Å². The van der Waals surface area contributed by atoms with Crippen LogP contribution in [0.15, 0.2) is 30.3 Å². The number of phenolic OH excluding ortho intramolecular Hbond substituents is 1. The van der Waals surface area contributed by atoms with Crippen molar-refractivity contribution < 1.29 is 14.2 Å². The highest BCUT2D eigenvalue weighted by Crippen LogP contribution is 2.29. The topological polar surface area (TPSA) is 71.0 Å². The molecule has 102 valence electrons. The third kappa shape index (κ3) is 2.16. The number of rotatable bonds is 3. The van der Waals surface area contributed by atoms with Gasteiger partial charge in [0.25, 0.3) is 0 Å². The molecule has 0 aliphatic carbocycles. The molecule has 1 aromatic carbocycles. The van der Waals surface area contributed by atoms with E-state index in [1.54, 1.807) is 12.1 Å². The largest absolute Gasteiger partial charge is 0.507 e. The number of pyridine rings is 1. The third-order valence-corrected chi connectivity index (χ3v) is 2.83. The number of phenols is 1. The fraction of sp³-hybridized carbons (Fsp3) is 0.143. The molecule has 6 heteroatoms. The van der Waals surface area contributed by atoms with Crippen LogP contribution in [-0.4, -0.2) is 26.7 Å². The number of imidazole rings is 1. The van der Waals surface area contributed by atoms with E-state index < -0.39 is 5.82 Å². The van der Waals surface area contributed by atoms with Gasteiger partial charge in [-0.2, -0.15) is 4.98 Å². The van der Waals surface area contributed by atoms with E-state index in [1.807, 2.05) is 6.92 Å². The van der Waals surface area contributed by atoms with Crippen molar-refractivity contribution in [3.8, 4) is 23.0 Å². The lowest BCUT2D eigenvalue weighted by Crippen LogP contribution is -1.93. The van der Waals surface area contributed by atoms with E-state index in [-0.39, 0.29) is 5.75 Å². The molecular formula is C14H12FN3O2. The zero-order valence-corrected chi connectivity index (χ0v) is 10.7. The summed E-state index contributed by atoms with van der Waals surface area (Å²) >= 11 is 0. The molecule has 0 amide bonds. The second-order valence-corrected chi connectivity index (χ2v) is 4.20. The van der Waals surface area contributed by atoms with Crippen LogP contribution >= 0.6 is 0 Å². The number of H-pyrrole nitrogens is 1. The fourth-order valence-electron chi connectivity index (χ4n) is 1.93. The number of aromatic nitrogens is 3. The molecule has 0 spiro atoms. The summed E-state index contributed by atoms with van der Waals surface area (Å²) in [5, 5.41) is 9.78. The highest BCUT2D eigenvalue weighted by Gasteiger charge is 2.12. The number of aromatic amines is 1. The van der Waals surface area contributed by atoms with Gasteiger partial charge in [0.05, 0.1) is 17.7 Å². The minimum absolute atomic E-state index is 0.0458. The molecule has 2 N–H and O–H groups in total. The summed E-state index contributed by atoms with van der Waals surface area (Å²) in [6, 6.07) is 7.19. The Kier molecular flexibility index (Phi) is 2.98. The van der Waals surface area contributed by atoms with Gasteiger partial charge in [0.2, 0.25) is 5.88 Å². The van der Waals surface area contributed by atoms with Gasteiger partial charge < -0.3 is 14.8 Å². The van der Waals surface area contributed by atoms with Crippen molar-refractivity contribution in [3.05, 3.63) is 36.1 Å². The fourth-order valence-corrected chi connectivity index (χ4v) is 1.93. The van der Waals surface area contributed by atoms with E-state index in [4.69, 9.17) is 4.74 Å². The molecule has 3 aromatic rings. The van der Waals surface area contributed by atoms with Crippen LogP contribution in [0, 0.1) is 5.82 Å². The van der Waals surface area contributed by atoms with Crippen molar-refractivity contribution in [1.82, 2.24) is 15.0 Å². The standard InChI is InChI=1S/C14H12FN3O2/c1-2-20-12-6-4-10-14(17-12)18-13(16-10)9-7-8(15)3-5-11(9)19/h3-7,19H,2H2,1H3,(H,16,17,18). The van der Waals surface area contributed by atoms with Gasteiger partial charge in [0, 0.05) is 6.07 Å². The van der Waals surface area contributed by atoms with Crippen LogP contribution in [0.25, 0.3) is 22.6 Å². The number of nitrogens with zero attached hydrogens (tertiary/aromatic N) is 2. The molecule has 0 saturated carbocycles. The number of halogens is 1. The van der Waals surface area contributed by atoms with Gasteiger partial charge in [-0.15, -0.1) is 0 Å². The van der Waals surface area contributed by atoms with Crippen molar-refractivity contribution in [1.29, 1.82) is 0 Å². The van der Waals surface area contributed by atoms with Crippen LogP contribution in [0.1, 0.15) is 6.92 Å². The van der Waals surface area contributed by atoms with Gasteiger partial charge in [0.1, 0.15) is 17.4 Å². The second-order valence-electron chi connectivity index (χ2n) is 4.20. The summed E-state index contributed by atoms with van der Waals surface area (Å²) in [5.74, 6) is 0.344. The molecule has 0 aliphatic heterocycles. The first kappa shape index (κ1) is 12.4. The summed E-state index contributed by atoms with van der Waals surface area (Å²) in [6.07, 6.45) is 0. The molecule has 2 heterocycles. The average Bonchev–Trinajstić information content (AvgIpc) is 2.85. The Morgan fingerprint density at radius 2 is 2.10 bits per heavy atom. The smallest absolute Gasteiger partial charge is 0.215 e. The molecule has 0 bridgehead atoms. The normalized spacial score (nSPS) is 10.9. The number of fused-ring (bicyclic) bond motifs is 1. The van der Waals surface area contributed by atoms with Gasteiger partial charge >= 0.3 is 0 Å². The summed E-state index contributed by atoms with van der Waals surface area (Å²) in [4.78, 5) is 11.5. The van der Waals surface area contributed by atoms with Crippen LogP contribution in [0.3, 0.4) is 0 Å². The molecule has 20 heavy (non-hydrogen) atoms. The lowest BCUT2D eigenvalue weighted by Gasteiger charge is -2.00. The van der Waals surface area contributed by atoms with E-state index in [9.17, 15) is 9.50 Å². The molecule has 0 unspecified atom stereocenters. The molecule has 0 aliphatic rings. The van der Waals surface area contributed by atoms with E-state index in [1.165, 1.54) is 18.2 Å². The second kappa shape index (κ2) is 4.80. The zero-order valence-electron chi connectivity index (χ0n) is 10.7. The van der Waals surface area contributed by atoms with Crippen molar-refractivity contribution in [3.63, 3.8) is 0 Å². The van der Waals surface area contributed by atoms with Crippen molar-refractivity contribution >= 4 is 11.2 Å². The number of hydrogen-bond donors (Lipinski definition) is 2. The first-order valence-corrected chi connectivity index (χ1v) is 6.16. The van der Waals surface area contributed by atoms with Crippen molar-refractivity contribution in [2.45, 2.75) is 6.92 Å². The molecule has 5 nitrogen and oxygen atoms in total. The van der Waals surface area contributed by atoms with Crippen LogP contribution in [0.2, 0.25) is 0 Å². The summed E-state index contributed by atoms with van der Waals surface area (Å²) in [7, 11) is 0. The van der Waals surface area contributed by atoms with Crippen LogP contribution in [-0.2, 0) is 0 Å². The maximum absolute atomic E-state index is 13.3. The Labute approximate surface area is 114 Å². The molecule has 0 radical (unpaired) electrons.